The molecule has 2 fully saturated rings. The molecule has 30 heavy (non-hydrogen) atoms. The largest absolute Gasteiger partial charge is 0.491 e. The van der Waals surface area contributed by atoms with Crippen molar-refractivity contribution in [3.8, 4) is 18.0 Å². The Labute approximate surface area is 176 Å². The predicted molar refractivity (Wildman–Crippen MR) is 110 cm³/mol. The van der Waals surface area contributed by atoms with E-state index in [-0.39, 0.29) is 19.8 Å². The quantitative estimate of drug-likeness (QED) is 0.247. The van der Waals surface area contributed by atoms with E-state index >= 15 is 0 Å². The first-order valence-electron chi connectivity index (χ1n) is 10.2. The second-order valence-electron chi connectivity index (χ2n) is 7.86. The van der Waals surface area contributed by atoms with Crippen LogP contribution in [0.25, 0.3) is 0 Å². The first kappa shape index (κ1) is 21.8. The number of nitrogens with zero attached hydrogens (tertiary/aromatic N) is 5. The maximum Gasteiger partial charge on any atom is 0.207 e. The van der Waals surface area contributed by atoms with Gasteiger partial charge in [-0.2, -0.15) is 10.5 Å². The number of aliphatic hydroxyl groups excluding tert-OH is 2. The van der Waals surface area contributed by atoms with Crippen LogP contribution in [0, 0.1) is 34.6 Å². The molecule has 0 radical (unpaired) electrons. The van der Waals surface area contributed by atoms with Gasteiger partial charge < -0.3 is 19.8 Å². The highest BCUT2D eigenvalue weighted by atomic mass is 16.5. The molecule has 9 heteroatoms. The molecule has 0 spiro atoms. The molecule has 3 N–H and O–H groups in total. The second-order valence-corrected chi connectivity index (χ2v) is 7.86. The second kappa shape index (κ2) is 10.8. The summed E-state index contributed by atoms with van der Waals surface area (Å²) >= 11 is 0. The molecular weight excluding hydrogens is 384 g/mol. The van der Waals surface area contributed by atoms with Gasteiger partial charge in [0.2, 0.25) is 5.96 Å². The minimum atomic E-state index is -0.600. The smallest absolute Gasteiger partial charge is 0.207 e. The molecule has 160 valence electrons. The minimum Gasteiger partial charge on any atom is -0.491 e. The third kappa shape index (κ3) is 6.07. The van der Waals surface area contributed by atoms with Gasteiger partial charge in [-0.3, -0.25) is 10.2 Å². The number of nitriles is 2. The molecule has 3 atom stereocenters. The molecular formula is C21H28N6O3. The highest BCUT2D eigenvalue weighted by molar-refractivity contribution is 5.81. The highest BCUT2D eigenvalue weighted by Crippen LogP contribution is 2.28. The SMILES string of the molecule is N#CNC(=NCCO)N1CC2CC(CN(CC(O)COc3ccc(C#N)cc3)C2)C1. The van der Waals surface area contributed by atoms with E-state index in [0.29, 0.717) is 35.7 Å². The van der Waals surface area contributed by atoms with Crippen LogP contribution >= 0.6 is 0 Å². The Morgan fingerprint density at radius 3 is 2.50 bits per heavy atom. The van der Waals surface area contributed by atoms with Crippen molar-refractivity contribution in [2.45, 2.75) is 12.5 Å². The van der Waals surface area contributed by atoms with E-state index in [1.165, 1.54) is 0 Å². The van der Waals surface area contributed by atoms with Gasteiger partial charge in [0.25, 0.3) is 0 Å². The molecule has 1 aromatic carbocycles. The highest BCUT2D eigenvalue weighted by Gasteiger charge is 2.35. The van der Waals surface area contributed by atoms with Crippen LogP contribution in [0.5, 0.6) is 5.75 Å². The number of fused-ring (bicyclic) bond motifs is 2. The average molecular weight is 412 g/mol. The fraction of sp³-hybridized carbons (Fsp3) is 0.571. The van der Waals surface area contributed by atoms with E-state index in [9.17, 15) is 5.11 Å². The molecule has 0 saturated carbocycles. The molecule has 0 aromatic heterocycles. The summed E-state index contributed by atoms with van der Waals surface area (Å²) in [6.07, 6.45) is 2.46. The van der Waals surface area contributed by atoms with Crippen LogP contribution in [0.1, 0.15) is 12.0 Å². The zero-order valence-electron chi connectivity index (χ0n) is 16.9. The van der Waals surface area contributed by atoms with E-state index in [1.807, 2.05) is 6.19 Å². The average Bonchev–Trinajstić information content (AvgIpc) is 2.75. The third-order valence-electron chi connectivity index (χ3n) is 5.38. The molecule has 0 aliphatic carbocycles. The van der Waals surface area contributed by atoms with Gasteiger partial charge in [-0.1, -0.05) is 0 Å². The van der Waals surface area contributed by atoms with Crippen LogP contribution in [-0.2, 0) is 0 Å². The number of nitrogens with one attached hydrogen (secondary N) is 1. The number of guanidine groups is 1. The van der Waals surface area contributed by atoms with E-state index in [2.05, 4.69) is 26.2 Å². The topological polar surface area (TPSA) is 128 Å². The van der Waals surface area contributed by atoms with Crippen LogP contribution in [0.15, 0.2) is 29.3 Å². The number of likely N-dealkylation sites (tertiary alicyclic amines) is 2. The van der Waals surface area contributed by atoms with Crippen molar-refractivity contribution in [1.29, 1.82) is 10.5 Å². The summed E-state index contributed by atoms with van der Waals surface area (Å²) in [4.78, 5) is 8.67. The number of ether oxygens (including phenoxy) is 1. The van der Waals surface area contributed by atoms with Crippen molar-refractivity contribution >= 4 is 5.96 Å². The van der Waals surface area contributed by atoms with Crippen molar-refractivity contribution in [2.24, 2.45) is 16.8 Å². The lowest BCUT2D eigenvalue weighted by molar-refractivity contribution is 0.0141. The molecule has 2 aliphatic heterocycles. The number of aliphatic hydroxyl groups is 2. The number of β-amino-alcohol motifs (C(OH)–C–C–N with tert-alkyl or cyclic N) is 1. The molecule has 9 nitrogen and oxygen atoms in total. The number of piperidine rings is 2. The Bertz CT molecular complexity index is 786. The van der Waals surface area contributed by atoms with Gasteiger partial charge >= 0.3 is 0 Å². The lowest BCUT2D eigenvalue weighted by Crippen LogP contribution is -2.57. The monoisotopic (exact) mass is 412 g/mol. The fourth-order valence-electron chi connectivity index (χ4n) is 4.30. The summed E-state index contributed by atoms with van der Waals surface area (Å²) in [6.45, 7) is 4.31. The Morgan fingerprint density at radius 2 is 1.90 bits per heavy atom. The van der Waals surface area contributed by atoms with Gasteiger partial charge in [-0.05, 0) is 42.5 Å². The molecule has 2 heterocycles. The van der Waals surface area contributed by atoms with Gasteiger partial charge in [-0.15, -0.1) is 0 Å². The minimum absolute atomic E-state index is 0.0481. The van der Waals surface area contributed by atoms with E-state index in [0.717, 1.165) is 32.6 Å². The Kier molecular flexibility index (Phi) is 7.86. The molecule has 3 unspecified atom stereocenters. The van der Waals surface area contributed by atoms with Gasteiger partial charge in [0.15, 0.2) is 6.19 Å². The normalized spacial score (nSPS) is 22.7. The van der Waals surface area contributed by atoms with Gasteiger partial charge in [0, 0.05) is 32.7 Å². The summed E-state index contributed by atoms with van der Waals surface area (Å²) in [7, 11) is 0. The molecule has 2 saturated heterocycles. The summed E-state index contributed by atoms with van der Waals surface area (Å²) in [6, 6.07) is 8.92. The van der Waals surface area contributed by atoms with Crippen molar-refractivity contribution in [1.82, 2.24) is 15.1 Å². The van der Waals surface area contributed by atoms with Crippen LogP contribution in [0.3, 0.4) is 0 Å². The third-order valence-corrected chi connectivity index (χ3v) is 5.38. The molecule has 3 rings (SSSR count). The number of rotatable bonds is 7. The van der Waals surface area contributed by atoms with Crippen LogP contribution in [-0.4, -0.2) is 84.6 Å². The first-order valence-corrected chi connectivity index (χ1v) is 10.2. The maximum atomic E-state index is 10.4. The van der Waals surface area contributed by atoms with E-state index in [4.69, 9.17) is 20.4 Å². The van der Waals surface area contributed by atoms with Crippen LogP contribution < -0.4 is 10.1 Å². The summed E-state index contributed by atoms with van der Waals surface area (Å²) in [5.41, 5.74) is 0.575. The lowest BCUT2D eigenvalue weighted by Gasteiger charge is -2.46. The summed E-state index contributed by atoms with van der Waals surface area (Å²) in [5, 5.41) is 39.9. The van der Waals surface area contributed by atoms with Crippen molar-refractivity contribution in [2.75, 3.05) is 52.5 Å². The summed E-state index contributed by atoms with van der Waals surface area (Å²) < 4.78 is 5.65. The Hall–Kier alpha value is -2.85. The first-order chi connectivity index (χ1) is 14.6. The van der Waals surface area contributed by atoms with Crippen LogP contribution in [0.4, 0.5) is 0 Å². The van der Waals surface area contributed by atoms with Gasteiger partial charge in [0.1, 0.15) is 18.5 Å². The number of benzene rings is 1. The number of hydrogen-bond acceptors (Lipinski definition) is 7. The van der Waals surface area contributed by atoms with Crippen molar-refractivity contribution in [3.05, 3.63) is 29.8 Å². The molecule has 2 aliphatic rings. The van der Waals surface area contributed by atoms with Crippen LogP contribution in [0.2, 0.25) is 0 Å². The number of aliphatic imine (C=N–C) groups is 1. The van der Waals surface area contributed by atoms with Gasteiger partial charge in [-0.25, -0.2) is 4.99 Å². The number of hydrogen-bond donors (Lipinski definition) is 3. The Balaban J connectivity index is 1.47. The van der Waals surface area contributed by atoms with Crippen molar-refractivity contribution < 1.29 is 14.9 Å². The molecule has 1 aromatic rings. The fourth-order valence-corrected chi connectivity index (χ4v) is 4.30. The Morgan fingerprint density at radius 1 is 1.20 bits per heavy atom. The summed E-state index contributed by atoms with van der Waals surface area (Å²) in [5.74, 6) is 2.04. The lowest BCUT2D eigenvalue weighted by atomic mass is 9.84. The zero-order valence-corrected chi connectivity index (χ0v) is 16.9. The standard InChI is InChI=1S/C21H28N6O3/c22-8-16-1-3-20(4-2-16)30-14-19(29)13-26-9-17-7-18(10-26)12-27(11-17)21(25-15-23)24-5-6-28/h1-4,17-19,28-29H,5-7,9-14H2,(H,24,25). The van der Waals surface area contributed by atoms with E-state index in [1.54, 1.807) is 24.3 Å². The molecule has 0 amide bonds. The van der Waals surface area contributed by atoms with Crippen molar-refractivity contribution in [3.63, 3.8) is 0 Å². The molecule has 2 bridgehead atoms. The maximum absolute atomic E-state index is 10.4. The predicted octanol–water partition coefficient (Wildman–Crippen LogP) is -0.0293. The van der Waals surface area contributed by atoms with Gasteiger partial charge in [0.05, 0.1) is 24.8 Å². The van der Waals surface area contributed by atoms with E-state index < -0.39 is 6.10 Å². The zero-order chi connectivity index (χ0) is 21.3.